The lowest BCUT2D eigenvalue weighted by atomic mass is 10.0. The number of amides is 1. The van der Waals surface area contributed by atoms with E-state index in [1.165, 1.54) is 0 Å². The Hall–Kier alpha value is -3.16. The maximum atomic E-state index is 12.8. The number of anilines is 1. The molecule has 4 aromatic rings. The average Bonchev–Trinajstić information content (AvgIpc) is 3.41. The Morgan fingerprint density at radius 2 is 1.86 bits per heavy atom. The second-order valence-electron chi connectivity index (χ2n) is 8.61. The summed E-state index contributed by atoms with van der Waals surface area (Å²) in [6.45, 7) is 5.49. The summed E-state index contributed by atoms with van der Waals surface area (Å²) in [4.78, 5) is 17.5. The van der Waals surface area contributed by atoms with E-state index in [2.05, 4.69) is 38.2 Å². The molecule has 0 spiro atoms. The summed E-state index contributed by atoms with van der Waals surface area (Å²) >= 11 is 9.94. The van der Waals surface area contributed by atoms with Crippen molar-refractivity contribution < 1.29 is 4.79 Å². The van der Waals surface area contributed by atoms with Gasteiger partial charge in [0.2, 0.25) is 5.91 Å². The average molecular weight is 551 g/mol. The van der Waals surface area contributed by atoms with Crippen LogP contribution in [0.2, 0.25) is 5.02 Å². The van der Waals surface area contributed by atoms with Gasteiger partial charge in [0.15, 0.2) is 5.65 Å². The molecule has 1 aliphatic carbocycles. The van der Waals surface area contributed by atoms with Crippen LogP contribution in [0.3, 0.4) is 0 Å². The quantitative estimate of drug-likeness (QED) is 0.252. The SMILES string of the molecule is C=C1CC(C(=O)NCCCCNc2cc(-c3ccccc3Cl)nc3c(Br)cnn23)c2ccccc21. The molecule has 2 heterocycles. The molecule has 0 radical (unpaired) electrons. The first-order valence-electron chi connectivity index (χ1n) is 11.6. The molecule has 0 aliphatic heterocycles. The van der Waals surface area contributed by atoms with Gasteiger partial charge in [-0.1, -0.05) is 60.6 Å². The van der Waals surface area contributed by atoms with Crippen molar-refractivity contribution in [3.05, 3.63) is 88.0 Å². The molecule has 1 aliphatic rings. The van der Waals surface area contributed by atoms with Crippen molar-refractivity contribution in [3.8, 4) is 11.3 Å². The van der Waals surface area contributed by atoms with Gasteiger partial charge in [-0.25, -0.2) is 4.98 Å². The van der Waals surface area contributed by atoms with E-state index in [9.17, 15) is 4.79 Å². The second-order valence-corrected chi connectivity index (χ2v) is 9.87. The zero-order valence-corrected chi connectivity index (χ0v) is 21.4. The monoisotopic (exact) mass is 549 g/mol. The van der Waals surface area contributed by atoms with Crippen LogP contribution < -0.4 is 10.6 Å². The van der Waals surface area contributed by atoms with E-state index < -0.39 is 0 Å². The lowest BCUT2D eigenvalue weighted by molar-refractivity contribution is -0.122. The Morgan fingerprint density at radius 1 is 1.11 bits per heavy atom. The number of fused-ring (bicyclic) bond motifs is 2. The van der Waals surface area contributed by atoms with Gasteiger partial charge >= 0.3 is 0 Å². The zero-order chi connectivity index (χ0) is 24.4. The van der Waals surface area contributed by atoms with Crippen LogP contribution in [-0.4, -0.2) is 33.6 Å². The van der Waals surface area contributed by atoms with Crippen molar-refractivity contribution >= 4 is 50.5 Å². The number of carbonyl (C=O) groups excluding carboxylic acids is 1. The van der Waals surface area contributed by atoms with E-state index in [0.29, 0.717) is 18.0 Å². The minimum atomic E-state index is -0.136. The lowest BCUT2D eigenvalue weighted by Gasteiger charge is -2.13. The predicted molar refractivity (Wildman–Crippen MR) is 145 cm³/mol. The summed E-state index contributed by atoms with van der Waals surface area (Å²) in [7, 11) is 0. The van der Waals surface area contributed by atoms with Crippen LogP contribution in [0.25, 0.3) is 22.5 Å². The molecule has 0 bridgehead atoms. The standard InChI is InChI=1S/C27H25BrClN5O/c1-17-14-21(19-9-3-2-8-18(17)19)27(35)31-13-7-6-12-30-25-15-24(20-10-4-5-11-23(20)29)33-26-22(28)16-32-34(25)26/h2-5,8-11,15-16,21,30H,1,6-7,12-14H2,(H,31,35). The molecule has 0 saturated heterocycles. The van der Waals surface area contributed by atoms with Gasteiger partial charge in [0.25, 0.3) is 0 Å². The van der Waals surface area contributed by atoms with Crippen LogP contribution in [0.1, 0.15) is 36.3 Å². The van der Waals surface area contributed by atoms with Crippen LogP contribution >= 0.6 is 27.5 Å². The molecule has 35 heavy (non-hydrogen) atoms. The highest BCUT2D eigenvalue weighted by Crippen LogP contribution is 2.40. The third-order valence-corrected chi connectivity index (χ3v) is 7.16. The minimum Gasteiger partial charge on any atom is -0.370 e. The Labute approximate surface area is 217 Å². The number of rotatable bonds is 8. The Balaban J connectivity index is 1.18. The molecule has 0 fully saturated rings. The van der Waals surface area contributed by atoms with E-state index in [1.807, 2.05) is 54.6 Å². The molecule has 2 aromatic carbocycles. The Kier molecular flexibility index (Phi) is 6.88. The van der Waals surface area contributed by atoms with Crippen LogP contribution in [0.5, 0.6) is 0 Å². The van der Waals surface area contributed by atoms with Gasteiger partial charge < -0.3 is 10.6 Å². The molecular weight excluding hydrogens is 526 g/mol. The fourth-order valence-corrected chi connectivity index (χ4v) is 5.07. The molecule has 0 saturated carbocycles. The number of carbonyl (C=O) groups is 1. The first-order valence-corrected chi connectivity index (χ1v) is 12.8. The van der Waals surface area contributed by atoms with Crippen LogP contribution in [-0.2, 0) is 4.79 Å². The van der Waals surface area contributed by atoms with E-state index in [4.69, 9.17) is 16.6 Å². The third-order valence-electron chi connectivity index (χ3n) is 6.27. The summed E-state index contributed by atoms with van der Waals surface area (Å²) < 4.78 is 2.59. The fourth-order valence-electron chi connectivity index (χ4n) is 4.49. The van der Waals surface area contributed by atoms with Gasteiger partial charge in [-0.2, -0.15) is 9.61 Å². The molecule has 8 heteroatoms. The minimum absolute atomic E-state index is 0.0747. The normalized spacial score (nSPS) is 14.8. The maximum Gasteiger partial charge on any atom is 0.227 e. The molecule has 5 rings (SSSR count). The van der Waals surface area contributed by atoms with Gasteiger partial charge in [-0.3, -0.25) is 4.79 Å². The molecule has 2 N–H and O–H groups in total. The summed E-state index contributed by atoms with van der Waals surface area (Å²) in [5.41, 5.74) is 5.59. The predicted octanol–water partition coefficient (Wildman–Crippen LogP) is 6.32. The first-order chi connectivity index (χ1) is 17.0. The van der Waals surface area contributed by atoms with Crippen molar-refractivity contribution in [1.82, 2.24) is 19.9 Å². The van der Waals surface area contributed by atoms with Gasteiger partial charge in [0.1, 0.15) is 5.82 Å². The van der Waals surface area contributed by atoms with E-state index in [1.54, 1.807) is 10.7 Å². The number of aromatic nitrogens is 3. The van der Waals surface area contributed by atoms with Crippen molar-refractivity contribution in [2.45, 2.75) is 25.2 Å². The molecule has 6 nitrogen and oxygen atoms in total. The highest BCUT2D eigenvalue weighted by Gasteiger charge is 2.30. The Morgan fingerprint density at radius 3 is 2.69 bits per heavy atom. The number of halogens is 2. The van der Waals surface area contributed by atoms with Crippen LogP contribution in [0.15, 0.2) is 71.8 Å². The number of hydrogen-bond acceptors (Lipinski definition) is 4. The largest absolute Gasteiger partial charge is 0.370 e. The molecule has 178 valence electrons. The zero-order valence-electron chi connectivity index (χ0n) is 19.1. The van der Waals surface area contributed by atoms with E-state index in [0.717, 1.165) is 63.3 Å². The van der Waals surface area contributed by atoms with Crippen molar-refractivity contribution in [2.75, 3.05) is 18.4 Å². The molecule has 1 unspecified atom stereocenters. The van der Waals surface area contributed by atoms with Gasteiger partial charge in [-0.15, -0.1) is 0 Å². The topological polar surface area (TPSA) is 71.3 Å². The summed E-state index contributed by atoms with van der Waals surface area (Å²) in [5, 5.41) is 11.6. The molecule has 1 atom stereocenters. The third kappa shape index (κ3) is 4.83. The second kappa shape index (κ2) is 10.2. The first kappa shape index (κ1) is 23.6. The molecule has 1 amide bonds. The van der Waals surface area contributed by atoms with Gasteiger partial charge in [0.05, 0.1) is 22.3 Å². The highest BCUT2D eigenvalue weighted by atomic mass is 79.9. The number of allylic oxidation sites excluding steroid dienone is 1. The number of benzene rings is 2. The lowest BCUT2D eigenvalue weighted by Crippen LogP contribution is -2.29. The van der Waals surface area contributed by atoms with Gasteiger partial charge in [-0.05, 0) is 58.0 Å². The summed E-state index contributed by atoms with van der Waals surface area (Å²) in [6, 6.07) is 17.7. The smallest absolute Gasteiger partial charge is 0.227 e. The van der Waals surface area contributed by atoms with E-state index in [-0.39, 0.29) is 11.8 Å². The number of unbranched alkanes of at least 4 members (excludes halogenated alkanes) is 1. The van der Waals surface area contributed by atoms with Crippen molar-refractivity contribution in [3.63, 3.8) is 0 Å². The summed E-state index contributed by atoms with van der Waals surface area (Å²) in [5.74, 6) is 0.773. The summed E-state index contributed by atoms with van der Waals surface area (Å²) in [6.07, 6.45) is 4.18. The number of nitrogens with one attached hydrogen (secondary N) is 2. The van der Waals surface area contributed by atoms with Crippen LogP contribution in [0.4, 0.5) is 5.82 Å². The highest BCUT2D eigenvalue weighted by molar-refractivity contribution is 9.10. The van der Waals surface area contributed by atoms with Crippen LogP contribution in [0, 0.1) is 0 Å². The van der Waals surface area contributed by atoms with Crippen molar-refractivity contribution in [1.29, 1.82) is 0 Å². The molecular formula is C27H25BrClN5O. The maximum absolute atomic E-state index is 12.8. The molecule has 2 aromatic heterocycles. The number of hydrogen-bond donors (Lipinski definition) is 2. The fraction of sp³-hybridized carbons (Fsp3) is 0.222. The van der Waals surface area contributed by atoms with Crippen molar-refractivity contribution in [2.24, 2.45) is 0 Å². The van der Waals surface area contributed by atoms with E-state index >= 15 is 0 Å². The van der Waals surface area contributed by atoms with Gasteiger partial charge in [0, 0.05) is 29.7 Å². The Bertz CT molecular complexity index is 1420. The number of nitrogens with zero attached hydrogens (tertiary/aromatic N) is 3.